The number of carbonyl (C=O) groups excluding carboxylic acids is 1. The van der Waals surface area contributed by atoms with Gasteiger partial charge in [-0.15, -0.1) is 0 Å². The lowest BCUT2D eigenvalue weighted by Gasteiger charge is -2.38. The van der Waals surface area contributed by atoms with Gasteiger partial charge in [-0.1, -0.05) is 0 Å². The third kappa shape index (κ3) is 4.31. The topological polar surface area (TPSA) is 69.5 Å². The molecule has 2 aliphatic rings. The molecule has 158 valence electrons. The smallest absolute Gasteiger partial charge is 0.222 e. The van der Waals surface area contributed by atoms with E-state index in [0.29, 0.717) is 13.0 Å². The van der Waals surface area contributed by atoms with Gasteiger partial charge in [0, 0.05) is 45.8 Å². The predicted molar refractivity (Wildman–Crippen MR) is 111 cm³/mol. The molecule has 7 nitrogen and oxygen atoms in total. The van der Waals surface area contributed by atoms with E-state index in [-0.39, 0.29) is 17.6 Å². The Labute approximate surface area is 172 Å². The van der Waals surface area contributed by atoms with Crippen molar-refractivity contribution in [3.05, 3.63) is 24.2 Å². The molecule has 2 aromatic rings. The van der Waals surface area contributed by atoms with Crippen molar-refractivity contribution in [2.45, 2.75) is 63.5 Å². The SMILES string of the molecule is COC[C@@H](C)n1c(CCCC(=O)N2CCC3(CCCO3)CC2)nc2cccnc21. The second-order valence-electron chi connectivity index (χ2n) is 8.42. The number of fused-ring (bicyclic) bond motifs is 1. The van der Waals surface area contributed by atoms with Gasteiger partial charge in [0.05, 0.1) is 18.2 Å². The zero-order valence-electron chi connectivity index (χ0n) is 17.6. The first-order valence-corrected chi connectivity index (χ1v) is 10.8. The van der Waals surface area contributed by atoms with Gasteiger partial charge in [0.1, 0.15) is 11.3 Å². The van der Waals surface area contributed by atoms with Crippen molar-refractivity contribution < 1.29 is 14.3 Å². The van der Waals surface area contributed by atoms with Crippen LogP contribution < -0.4 is 0 Å². The molecular weight excluding hydrogens is 368 g/mol. The maximum Gasteiger partial charge on any atom is 0.222 e. The van der Waals surface area contributed by atoms with Crippen LogP contribution in [-0.2, 0) is 20.7 Å². The third-order valence-electron chi connectivity index (χ3n) is 6.37. The van der Waals surface area contributed by atoms with Gasteiger partial charge in [-0.2, -0.15) is 0 Å². The maximum absolute atomic E-state index is 12.7. The Kier molecular flexibility index (Phi) is 6.15. The number of hydrogen-bond acceptors (Lipinski definition) is 5. The van der Waals surface area contributed by atoms with Crippen LogP contribution >= 0.6 is 0 Å². The molecule has 2 saturated heterocycles. The zero-order chi connectivity index (χ0) is 20.3. The predicted octanol–water partition coefficient (Wildman–Crippen LogP) is 3.13. The second-order valence-corrected chi connectivity index (χ2v) is 8.42. The summed E-state index contributed by atoms with van der Waals surface area (Å²) in [5.74, 6) is 1.23. The van der Waals surface area contributed by atoms with E-state index in [2.05, 4.69) is 16.5 Å². The van der Waals surface area contributed by atoms with Crippen LogP contribution in [0.25, 0.3) is 11.2 Å². The first-order chi connectivity index (χ1) is 14.1. The molecule has 1 amide bonds. The van der Waals surface area contributed by atoms with Gasteiger partial charge in [-0.25, -0.2) is 9.97 Å². The molecule has 0 aliphatic carbocycles. The highest BCUT2D eigenvalue weighted by Gasteiger charge is 2.39. The van der Waals surface area contributed by atoms with Crippen LogP contribution in [0.5, 0.6) is 0 Å². The lowest BCUT2D eigenvalue weighted by atomic mass is 9.88. The second kappa shape index (κ2) is 8.79. The van der Waals surface area contributed by atoms with Crippen LogP contribution in [0.15, 0.2) is 18.3 Å². The summed E-state index contributed by atoms with van der Waals surface area (Å²) < 4.78 is 13.5. The van der Waals surface area contributed by atoms with Crippen molar-refractivity contribution >= 4 is 17.1 Å². The summed E-state index contributed by atoms with van der Waals surface area (Å²) in [6.07, 6.45) is 8.18. The molecule has 1 spiro atoms. The molecule has 0 bridgehead atoms. The molecule has 0 saturated carbocycles. The first kappa shape index (κ1) is 20.3. The van der Waals surface area contributed by atoms with E-state index >= 15 is 0 Å². The molecule has 29 heavy (non-hydrogen) atoms. The number of carbonyl (C=O) groups is 1. The van der Waals surface area contributed by atoms with E-state index < -0.39 is 0 Å². The fourth-order valence-electron chi connectivity index (χ4n) is 4.80. The molecule has 0 aromatic carbocycles. The molecule has 1 atom stereocenters. The summed E-state index contributed by atoms with van der Waals surface area (Å²) in [5, 5.41) is 0. The minimum Gasteiger partial charge on any atom is -0.383 e. The normalized spacial score (nSPS) is 19.9. The Morgan fingerprint density at radius 3 is 2.90 bits per heavy atom. The molecule has 7 heteroatoms. The Balaban J connectivity index is 1.35. The Morgan fingerprint density at radius 2 is 2.17 bits per heavy atom. The van der Waals surface area contributed by atoms with E-state index in [4.69, 9.17) is 14.5 Å². The van der Waals surface area contributed by atoms with Crippen LogP contribution in [0, 0.1) is 0 Å². The highest BCUT2D eigenvalue weighted by atomic mass is 16.5. The summed E-state index contributed by atoms with van der Waals surface area (Å²) in [6, 6.07) is 4.04. The summed E-state index contributed by atoms with van der Waals surface area (Å²) in [7, 11) is 1.71. The molecule has 2 fully saturated rings. The number of rotatable bonds is 7. The van der Waals surface area contributed by atoms with Crippen molar-refractivity contribution in [1.82, 2.24) is 19.4 Å². The number of ether oxygens (including phenoxy) is 2. The van der Waals surface area contributed by atoms with E-state index in [1.165, 1.54) is 0 Å². The first-order valence-electron chi connectivity index (χ1n) is 10.8. The number of amides is 1. The average molecular weight is 401 g/mol. The van der Waals surface area contributed by atoms with Gasteiger partial charge >= 0.3 is 0 Å². The van der Waals surface area contributed by atoms with Gasteiger partial charge in [0.25, 0.3) is 0 Å². The number of hydrogen-bond donors (Lipinski definition) is 0. The number of piperidine rings is 1. The Bertz CT molecular complexity index is 834. The van der Waals surface area contributed by atoms with Gasteiger partial charge in [-0.05, 0) is 51.2 Å². The number of aryl methyl sites for hydroxylation is 1. The van der Waals surface area contributed by atoms with Gasteiger partial charge in [0.2, 0.25) is 5.91 Å². The van der Waals surface area contributed by atoms with Crippen LogP contribution in [-0.4, -0.2) is 64.4 Å². The maximum atomic E-state index is 12.7. The molecule has 0 radical (unpaired) electrons. The van der Waals surface area contributed by atoms with Gasteiger partial charge < -0.3 is 18.9 Å². The van der Waals surface area contributed by atoms with Crippen LogP contribution in [0.3, 0.4) is 0 Å². The fourth-order valence-corrected chi connectivity index (χ4v) is 4.80. The van der Waals surface area contributed by atoms with Crippen molar-refractivity contribution in [1.29, 1.82) is 0 Å². The number of methoxy groups -OCH3 is 1. The van der Waals surface area contributed by atoms with Crippen LogP contribution in [0.2, 0.25) is 0 Å². The summed E-state index contributed by atoms with van der Waals surface area (Å²) >= 11 is 0. The Morgan fingerprint density at radius 1 is 1.34 bits per heavy atom. The summed E-state index contributed by atoms with van der Waals surface area (Å²) in [6.45, 7) is 5.25. The number of imidazole rings is 1. The van der Waals surface area contributed by atoms with E-state index in [1.807, 2.05) is 17.0 Å². The number of aromatic nitrogens is 3. The standard InChI is InChI=1S/C22H32N4O3/c1-17(16-28-2)26-19(24-18-6-4-12-23-21(18)26)7-3-8-20(27)25-13-10-22(11-14-25)9-5-15-29-22/h4,6,12,17H,3,5,7-11,13-16H2,1-2H3/t17-/m1/s1. The molecule has 4 rings (SSSR count). The molecule has 2 aromatic heterocycles. The highest BCUT2D eigenvalue weighted by Crippen LogP contribution is 2.35. The minimum absolute atomic E-state index is 0.0616. The van der Waals surface area contributed by atoms with Crippen molar-refractivity contribution in [2.24, 2.45) is 0 Å². The van der Waals surface area contributed by atoms with E-state index in [9.17, 15) is 4.79 Å². The van der Waals surface area contributed by atoms with E-state index in [0.717, 1.165) is 75.2 Å². The molecular formula is C22H32N4O3. The average Bonchev–Trinajstić information content (AvgIpc) is 3.33. The van der Waals surface area contributed by atoms with Crippen molar-refractivity contribution in [3.8, 4) is 0 Å². The molecule has 0 N–H and O–H groups in total. The van der Waals surface area contributed by atoms with Crippen molar-refractivity contribution in [3.63, 3.8) is 0 Å². The van der Waals surface area contributed by atoms with Gasteiger partial charge in [0.15, 0.2) is 5.65 Å². The Hall–Kier alpha value is -1.99. The van der Waals surface area contributed by atoms with E-state index in [1.54, 1.807) is 13.3 Å². The largest absolute Gasteiger partial charge is 0.383 e. The van der Waals surface area contributed by atoms with Gasteiger partial charge in [-0.3, -0.25) is 4.79 Å². The quantitative estimate of drug-likeness (QED) is 0.714. The highest BCUT2D eigenvalue weighted by molar-refractivity contribution is 5.76. The lowest BCUT2D eigenvalue weighted by Crippen LogP contribution is -2.46. The summed E-state index contributed by atoms with van der Waals surface area (Å²) in [5.41, 5.74) is 1.84. The zero-order valence-corrected chi connectivity index (χ0v) is 17.6. The fraction of sp³-hybridized carbons (Fsp3) is 0.682. The minimum atomic E-state index is 0.0616. The molecule has 2 aliphatic heterocycles. The monoisotopic (exact) mass is 400 g/mol. The number of pyridine rings is 1. The third-order valence-corrected chi connectivity index (χ3v) is 6.37. The van der Waals surface area contributed by atoms with Crippen LogP contribution in [0.1, 0.15) is 57.3 Å². The number of nitrogens with zero attached hydrogens (tertiary/aromatic N) is 4. The van der Waals surface area contributed by atoms with Crippen LogP contribution in [0.4, 0.5) is 0 Å². The summed E-state index contributed by atoms with van der Waals surface area (Å²) in [4.78, 5) is 24.0. The molecule has 4 heterocycles. The van der Waals surface area contributed by atoms with Crippen molar-refractivity contribution in [2.75, 3.05) is 33.4 Å². The lowest BCUT2D eigenvalue weighted by molar-refractivity contribution is -0.136. The molecule has 0 unspecified atom stereocenters. The number of likely N-dealkylation sites (tertiary alicyclic amines) is 1.